The average Bonchev–Trinajstić information content (AvgIpc) is 3.39. The molecule has 4 rings (SSSR count). The predicted molar refractivity (Wildman–Crippen MR) is 156 cm³/mol. The minimum atomic E-state index is -5.08. The van der Waals surface area contributed by atoms with Crippen molar-refractivity contribution >= 4 is 32.8 Å². The first-order chi connectivity index (χ1) is 19.7. The van der Waals surface area contributed by atoms with Crippen LogP contribution >= 0.6 is 0 Å². The van der Waals surface area contributed by atoms with Gasteiger partial charge in [-0.25, -0.2) is 17.5 Å². The number of benzene rings is 2. The first-order valence-corrected chi connectivity index (χ1v) is 15.3. The number of carboxylic acid groups (broad SMARTS) is 1. The lowest BCUT2D eigenvalue weighted by Gasteiger charge is -2.31. The number of aromatic amines is 1. The monoisotopic (exact) mass is 610 g/mol. The summed E-state index contributed by atoms with van der Waals surface area (Å²) in [5, 5.41) is 11.6. The molecule has 2 heterocycles. The number of carboxylic acids is 1. The van der Waals surface area contributed by atoms with Crippen LogP contribution in [0.1, 0.15) is 67.4 Å². The Bertz CT molecular complexity index is 1510. The Labute approximate surface area is 243 Å². The number of sulfonamides is 1. The van der Waals surface area contributed by atoms with Crippen molar-refractivity contribution in [3.05, 3.63) is 59.3 Å². The van der Waals surface area contributed by atoms with Gasteiger partial charge in [0.15, 0.2) is 0 Å². The van der Waals surface area contributed by atoms with Gasteiger partial charge in [0.2, 0.25) is 10.0 Å². The van der Waals surface area contributed by atoms with Crippen molar-refractivity contribution in [2.45, 2.75) is 64.7 Å². The zero-order chi connectivity index (χ0) is 31.2. The van der Waals surface area contributed by atoms with E-state index in [0.717, 1.165) is 53.4 Å². The Morgan fingerprint density at radius 3 is 2.33 bits per heavy atom. The average molecular weight is 611 g/mol. The summed E-state index contributed by atoms with van der Waals surface area (Å²) in [4.78, 5) is 24.5. The number of H-pyrrole nitrogens is 1. The van der Waals surface area contributed by atoms with E-state index in [1.807, 2.05) is 18.3 Å². The molecule has 1 atom stereocenters. The molecule has 2 aromatic carbocycles. The molecule has 1 amide bonds. The van der Waals surface area contributed by atoms with Crippen LogP contribution in [0.25, 0.3) is 22.0 Å². The second kappa shape index (κ2) is 13.7. The standard InChI is InChI=1S/C27H36N4O3S.C2HF3O2/c1-4-18(3)29-16-19-7-6-8-21(13-19)22-14-23-25(17-30-26(23)24(15-22)27(28)32)20-9-11-31(12-10-20)35(33,34)5-2;3-2(4,5)1(6)7/h6-8,13-15,17-18,20,29-30H,4-5,9-12,16H2,1-3H3,(H2,28,32);(H,6,7)/t18-;/m1./s1. The van der Waals surface area contributed by atoms with Crippen LogP contribution in [0.5, 0.6) is 0 Å². The van der Waals surface area contributed by atoms with Gasteiger partial charge in [0.05, 0.1) is 16.8 Å². The van der Waals surface area contributed by atoms with Crippen LogP contribution in [-0.4, -0.2) is 65.8 Å². The number of alkyl halides is 3. The van der Waals surface area contributed by atoms with Gasteiger partial charge in [0.25, 0.3) is 5.91 Å². The van der Waals surface area contributed by atoms with Gasteiger partial charge >= 0.3 is 12.1 Å². The number of nitrogens with zero attached hydrogens (tertiary/aromatic N) is 1. The molecule has 1 saturated heterocycles. The molecule has 0 saturated carbocycles. The molecule has 1 aromatic heterocycles. The SMILES string of the molecule is CC[C@@H](C)NCc1cccc(-c2cc(C(N)=O)c3[nH]cc(C4CCN(S(=O)(=O)CC)CC4)c3c2)c1.O=C(O)C(F)(F)F. The van der Waals surface area contributed by atoms with Crippen LogP contribution in [-0.2, 0) is 21.4 Å². The number of nitrogens with one attached hydrogen (secondary N) is 2. The molecule has 13 heteroatoms. The quantitative estimate of drug-likeness (QED) is 0.269. The summed E-state index contributed by atoms with van der Waals surface area (Å²) in [6.07, 6.45) is -0.557. The molecule has 42 heavy (non-hydrogen) atoms. The summed E-state index contributed by atoms with van der Waals surface area (Å²) in [6, 6.07) is 12.8. The van der Waals surface area contributed by atoms with Gasteiger partial charge in [-0.1, -0.05) is 25.1 Å². The van der Waals surface area contributed by atoms with Crippen molar-refractivity contribution in [1.29, 1.82) is 0 Å². The fraction of sp³-hybridized carbons (Fsp3) is 0.448. The van der Waals surface area contributed by atoms with E-state index >= 15 is 0 Å². The van der Waals surface area contributed by atoms with Crippen molar-refractivity contribution in [2.75, 3.05) is 18.8 Å². The summed E-state index contributed by atoms with van der Waals surface area (Å²) in [6.45, 7) is 7.83. The van der Waals surface area contributed by atoms with E-state index in [9.17, 15) is 26.4 Å². The third kappa shape index (κ3) is 8.11. The number of hydrogen-bond acceptors (Lipinski definition) is 5. The molecule has 0 aliphatic carbocycles. The number of carbonyl (C=O) groups is 2. The zero-order valence-corrected chi connectivity index (χ0v) is 24.6. The van der Waals surface area contributed by atoms with Crippen LogP contribution in [0, 0.1) is 0 Å². The first kappa shape index (κ1) is 33.1. The number of amides is 1. The number of nitrogens with two attached hydrogens (primary N) is 1. The smallest absolute Gasteiger partial charge is 0.475 e. The third-order valence-corrected chi connectivity index (χ3v) is 9.39. The summed E-state index contributed by atoms with van der Waals surface area (Å²) < 4.78 is 57.9. The summed E-state index contributed by atoms with van der Waals surface area (Å²) in [5.74, 6) is -2.88. The number of carbonyl (C=O) groups excluding carboxylic acids is 1. The fourth-order valence-electron chi connectivity index (χ4n) is 4.88. The Morgan fingerprint density at radius 1 is 1.14 bits per heavy atom. The number of primary amides is 1. The fourth-order valence-corrected chi connectivity index (χ4v) is 6.01. The minimum Gasteiger partial charge on any atom is -0.475 e. The number of rotatable bonds is 9. The van der Waals surface area contributed by atoms with E-state index in [-0.39, 0.29) is 11.7 Å². The number of halogens is 3. The summed E-state index contributed by atoms with van der Waals surface area (Å²) in [5.41, 5.74) is 11.3. The van der Waals surface area contributed by atoms with Crippen molar-refractivity contribution in [3.63, 3.8) is 0 Å². The molecule has 0 unspecified atom stereocenters. The van der Waals surface area contributed by atoms with Gasteiger partial charge in [0.1, 0.15) is 0 Å². The first-order valence-electron chi connectivity index (χ1n) is 13.7. The molecule has 0 bridgehead atoms. The topological polar surface area (TPSA) is 146 Å². The van der Waals surface area contributed by atoms with Gasteiger partial charge in [-0.05, 0) is 79.5 Å². The van der Waals surface area contributed by atoms with Crippen molar-refractivity contribution in [3.8, 4) is 11.1 Å². The van der Waals surface area contributed by atoms with E-state index in [0.29, 0.717) is 24.7 Å². The highest BCUT2D eigenvalue weighted by molar-refractivity contribution is 7.89. The van der Waals surface area contributed by atoms with Crippen LogP contribution < -0.4 is 11.1 Å². The van der Waals surface area contributed by atoms with Gasteiger partial charge in [0, 0.05) is 37.3 Å². The van der Waals surface area contributed by atoms with Crippen LogP contribution in [0.3, 0.4) is 0 Å². The molecule has 5 N–H and O–H groups in total. The molecule has 230 valence electrons. The molecule has 1 fully saturated rings. The highest BCUT2D eigenvalue weighted by Crippen LogP contribution is 2.37. The van der Waals surface area contributed by atoms with Gasteiger partial charge in [-0.3, -0.25) is 4.79 Å². The molecule has 0 radical (unpaired) electrons. The second-order valence-electron chi connectivity index (χ2n) is 10.3. The highest BCUT2D eigenvalue weighted by Gasteiger charge is 2.38. The Hall–Kier alpha value is -3.42. The number of fused-ring (bicyclic) bond motifs is 1. The Kier molecular flexibility index (Phi) is 10.8. The summed E-state index contributed by atoms with van der Waals surface area (Å²) in [7, 11) is -3.17. The van der Waals surface area contributed by atoms with E-state index in [2.05, 4.69) is 48.4 Å². The predicted octanol–water partition coefficient (Wildman–Crippen LogP) is 4.98. The molecule has 1 aliphatic rings. The second-order valence-corrected chi connectivity index (χ2v) is 12.6. The summed E-state index contributed by atoms with van der Waals surface area (Å²) >= 11 is 0. The molecular formula is C29H37F3N4O5S. The van der Waals surface area contributed by atoms with Gasteiger partial charge in [-0.2, -0.15) is 13.2 Å². The molecule has 1 aliphatic heterocycles. The molecule has 9 nitrogen and oxygen atoms in total. The third-order valence-electron chi connectivity index (χ3n) is 7.51. The number of aliphatic carboxylic acids is 1. The lowest BCUT2D eigenvalue weighted by atomic mass is 9.88. The lowest BCUT2D eigenvalue weighted by Crippen LogP contribution is -2.38. The lowest BCUT2D eigenvalue weighted by molar-refractivity contribution is -0.192. The maximum atomic E-state index is 12.4. The van der Waals surface area contributed by atoms with Crippen molar-refractivity contribution in [2.24, 2.45) is 5.73 Å². The van der Waals surface area contributed by atoms with E-state index < -0.39 is 28.1 Å². The largest absolute Gasteiger partial charge is 0.490 e. The zero-order valence-electron chi connectivity index (χ0n) is 23.8. The number of piperidine rings is 1. The van der Waals surface area contributed by atoms with Crippen LogP contribution in [0.15, 0.2) is 42.6 Å². The van der Waals surface area contributed by atoms with Crippen LogP contribution in [0.4, 0.5) is 13.2 Å². The van der Waals surface area contributed by atoms with Gasteiger partial charge in [-0.15, -0.1) is 0 Å². The van der Waals surface area contributed by atoms with Crippen molar-refractivity contribution < 1.29 is 36.3 Å². The van der Waals surface area contributed by atoms with E-state index in [1.54, 1.807) is 11.2 Å². The Morgan fingerprint density at radius 2 is 1.79 bits per heavy atom. The maximum absolute atomic E-state index is 12.4. The number of aromatic nitrogens is 1. The van der Waals surface area contributed by atoms with Crippen molar-refractivity contribution in [1.82, 2.24) is 14.6 Å². The number of hydrogen-bond donors (Lipinski definition) is 4. The Balaban J connectivity index is 0.000000616. The molecule has 0 spiro atoms. The van der Waals surface area contributed by atoms with Gasteiger partial charge < -0.3 is 21.1 Å². The maximum Gasteiger partial charge on any atom is 0.490 e. The molecular weight excluding hydrogens is 573 g/mol. The normalized spacial score (nSPS) is 15.7. The minimum absolute atomic E-state index is 0.127. The van der Waals surface area contributed by atoms with E-state index in [1.165, 1.54) is 5.56 Å². The van der Waals surface area contributed by atoms with E-state index in [4.69, 9.17) is 15.6 Å². The molecule has 3 aromatic rings. The highest BCUT2D eigenvalue weighted by atomic mass is 32.2. The van der Waals surface area contributed by atoms with Crippen LogP contribution in [0.2, 0.25) is 0 Å².